The first-order valence-corrected chi connectivity index (χ1v) is 6.56. The van der Waals surface area contributed by atoms with Gasteiger partial charge in [0.15, 0.2) is 0 Å². The van der Waals surface area contributed by atoms with E-state index in [1.807, 2.05) is 0 Å². The Labute approximate surface area is 99.6 Å². The summed E-state index contributed by atoms with van der Waals surface area (Å²) in [6, 6.07) is 0. The van der Waals surface area contributed by atoms with Crippen LogP contribution >= 0.6 is 7.60 Å². The number of Topliss-reactive ketones (excluding diaryl/α,β-unsaturated/α-hetero) is 1. The van der Waals surface area contributed by atoms with Gasteiger partial charge < -0.3 is 18.9 Å². The fourth-order valence-electron chi connectivity index (χ4n) is 1.09. The van der Waals surface area contributed by atoms with Crippen molar-refractivity contribution in [3.05, 3.63) is 0 Å². The van der Waals surface area contributed by atoms with Gasteiger partial charge in [0.1, 0.15) is 11.9 Å². The minimum Gasteiger partial charge on any atom is -0.469 e. The third-order valence-electron chi connectivity index (χ3n) is 2.02. The van der Waals surface area contributed by atoms with Gasteiger partial charge in [-0.05, 0) is 0 Å². The van der Waals surface area contributed by atoms with Crippen LogP contribution in [0, 0.1) is 0 Å². The molecule has 0 aliphatic carbocycles. The maximum absolute atomic E-state index is 11.6. The summed E-state index contributed by atoms with van der Waals surface area (Å²) in [7, 11) is 0.108. The minimum absolute atomic E-state index is 0.285. The zero-order chi connectivity index (χ0) is 13.5. The summed E-state index contributed by atoms with van der Waals surface area (Å²) in [5.41, 5.74) is 0. The highest BCUT2D eigenvalue weighted by molar-refractivity contribution is 7.54. The lowest BCUT2D eigenvalue weighted by atomic mass is 10.1. The molecule has 1 N–H and O–H groups in total. The molecule has 0 saturated carbocycles. The topological polar surface area (TPSA) is 99.1 Å². The number of ketones is 1. The zero-order valence-electron chi connectivity index (χ0n) is 10.0. The number of carbonyl (C=O) groups excluding carboxylic acids is 2. The summed E-state index contributed by atoms with van der Waals surface area (Å²) < 4.78 is 25.1. The van der Waals surface area contributed by atoms with Crippen LogP contribution in [0.2, 0.25) is 0 Å². The maximum Gasteiger partial charge on any atom is 0.337 e. The van der Waals surface area contributed by atoms with Crippen molar-refractivity contribution in [2.45, 2.75) is 18.9 Å². The number of ether oxygens (including phenoxy) is 1. The van der Waals surface area contributed by atoms with Crippen molar-refractivity contribution < 1.29 is 33.0 Å². The molecular formula is C9H17O7P. The smallest absolute Gasteiger partial charge is 0.337 e. The minimum atomic E-state index is -3.41. The number of hydrogen-bond acceptors (Lipinski definition) is 7. The van der Waals surface area contributed by atoms with Crippen LogP contribution in [0.5, 0.6) is 0 Å². The van der Waals surface area contributed by atoms with Crippen molar-refractivity contribution in [1.82, 2.24) is 0 Å². The summed E-state index contributed by atoms with van der Waals surface area (Å²) in [4.78, 5) is 22.2. The van der Waals surface area contributed by atoms with Crippen molar-refractivity contribution in [1.29, 1.82) is 0 Å². The number of methoxy groups -OCH3 is 1. The number of esters is 1. The van der Waals surface area contributed by atoms with Crippen LogP contribution in [-0.2, 0) is 27.9 Å². The average molecular weight is 268 g/mol. The molecule has 0 unspecified atom stereocenters. The molecule has 0 saturated heterocycles. The van der Waals surface area contributed by atoms with Crippen LogP contribution in [-0.4, -0.2) is 50.5 Å². The van der Waals surface area contributed by atoms with E-state index in [1.165, 1.54) is 21.3 Å². The van der Waals surface area contributed by atoms with Crippen LogP contribution in [0.15, 0.2) is 0 Å². The summed E-state index contributed by atoms with van der Waals surface area (Å²) in [5.74, 6) is -1.12. The first-order chi connectivity index (χ1) is 7.86. The second-order valence-electron chi connectivity index (χ2n) is 3.31. The molecule has 0 bridgehead atoms. The van der Waals surface area contributed by atoms with Crippen molar-refractivity contribution >= 4 is 19.3 Å². The predicted octanol–water partition coefficient (Wildman–Crippen LogP) is 0.355. The Morgan fingerprint density at radius 3 is 2.12 bits per heavy atom. The number of aliphatic hydroxyl groups is 1. The maximum atomic E-state index is 11.6. The summed E-state index contributed by atoms with van der Waals surface area (Å²) >= 11 is 0. The van der Waals surface area contributed by atoms with E-state index in [1.54, 1.807) is 0 Å². The van der Waals surface area contributed by atoms with Gasteiger partial charge in [0.05, 0.1) is 19.6 Å². The Bertz CT molecular complexity index is 306. The molecule has 17 heavy (non-hydrogen) atoms. The van der Waals surface area contributed by atoms with Crippen LogP contribution in [0.25, 0.3) is 0 Å². The van der Waals surface area contributed by atoms with Gasteiger partial charge in [-0.1, -0.05) is 0 Å². The van der Waals surface area contributed by atoms with Crippen molar-refractivity contribution in [3.63, 3.8) is 0 Å². The number of aliphatic hydroxyl groups excluding tert-OH is 1. The van der Waals surface area contributed by atoms with E-state index in [9.17, 15) is 19.3 Å². The molecule has 0 spiro atoms. The van der Waals surface area contributed by atoms with Crippen LogP contribution in [0.1, 0.15) is 12.8 Å². The lowest BCUT2D eigenvalue weighted by molar-refractivity contribution is -0.143. The van der Waals surface area contributed by atoms with Crippen molar-refractivity contribution in [2.75, 3.05) is 27.5 Å². The van der Waals surface area contributed by atoms with Gasteiger partial charge >= 0.3 is 13.6 Å². The molecule has 0 fully saturated rings. The lowest BCUT2D eigenvalue weighted by Gasteiger charge is -2.13. The number of rotatable bonds is 8. The van der Waals surface area contributed by atoms with E-state index in [4.69, 9.17) is 0 Å². The molecule has 1 atom stereocenters. The highest BCUT2D eigenvalue weighted by Crippen LogP contribution is 2.46. The van der Waals surface area contributed by atoms with E-state index >= 15 is 0 Å². The van der Waals surface area contributed by atoms with Gasteiger partial charge in [0, 0.05) is 20.6 Å². The summed E-state index contributed by atoms with van der Waals surface area (Å²) in [6.45, 7) is 0. The molecule has 0 aliphatic rings. The number of hydrogen-bond donors (Lipinski definition) is 1. The van der Waals surface area contributed by atoms with Crippen molar-refractivity contribution in [2.24, 2.45) is 0 Å². The van der Waals surface area contributed by atoms with Gasteiger partial charge in [0.25, 0.3) is 0 Å². The van der Waals surface area contributed by atoms with Gasteiger partial charge in [-0.2, -0.15) is 0 Å². The largest absolute Gasteiger partial charge is 0.469 e. The van der Waals surface area contributed by atoms with Crippen LogP contribution < -0.4 is 0 Å². The van der Waals surface area contributed by atoms with E-state index in [2.05, 4.69) is 13.8 Å². The second kappa shape index (κ2) is 7.55. The molecule has 8 heteroatoms. The third kappa shape index (κ3) is 6.53. The molecule has 0 radical (unpaired) electrons. The Morgan fingerprint density at radius 2 is 1.71 bits per heavy atom. The second-order valence-corrected chi connectivity index (χ2v) is 5.58. The first-order valence-electron chi connectivity index (χ1n) is 4.84. The van der Waals surface area contributed by atoms with E-state index in [-0.39, 0.29) is 12.8 Å². The monoisotopic (exact) mass is 268 g/mol. The van der Waals surface area contributed by atoms with E-state index in [0.717, 1.165) is 0 Å². The molecule has 100 valence electrons. The lowest BCUT2D eigenvalue weighted by Crippen LogP contribution is -2.20. The normalized spacial score (nSPS) is 13.2. The van der Waals surface area contributed by atoms with Gasteiger partial charge in [-0.25, -0.2) is 0 Å². The highest BCUT2D eigenvalue weighted by atomic mass is 31.2. The first kappa shape index (κ1) is 16.2. The molecule has 0 aromatic heterocycles. The molecule has 0 rings (SSSR count). The fourth-order valence-corrected chi connectivity index (χ4v) is 2.06. The molecule has 0 aromatic carbocycles. The van der Waals surface area contributed by atoms with E-state index < -0.39 is 31.6 Å². The fraction of sp³-hybridized carbons (Fsp3) is 0.778. The van der Waals surface area contributed by atoms with Crippen molar-refractivity contribution in [3.8, 4) is 0 Å². The Hall–Kier alpha value is -0.750. The summed E-state index contributed by atoms with van der Waals surface area (Å²) in [5, 5.41) is 9.37. The van der Waals surface area contributed by atoms with Gasteiger partial charge in [-0.3, -0.25) is 14.2 Å². The SMILES string of the molecule is COC(=O)C[C@@H](O)CC(=O)CP(=O)(OC)OC. The van der Waals surface area contributed by atoms with Crippen LogP contribution in [0.4, 0.5) is 0 Å². The molecule has 0 heterocycles. The van der Waals surface area contributed by atoms with E-state index in [0.29, 0.717) is 0 Å². The van der Waals surface area contributed by atoms with Gasteiger partial charge in [-0.15, -0.1) is 0 Å². The molecule has 0 amide bonds. The Balaban J connectivity index is 4.18. The highest BCUT2D eigenvalue weighted by Gasteiger charge is 2.27. The predicted molar refractivity (Wildman–Crippen MR) is 58.8 cm³/mol. The quantitative estimate of drug-likeness (QED) is 0.501. The Morgan fingerprint density at radius 1 is 1.18 bits per heavy atom. The Kier molecular flexibility index (Phi) is 7.22. The molecular weight excluding hydrogens is 251 g/mol. The molecule has 0 aliphatic heterocycles. The van der Waals surface area contributed by atoms with Crippen LogP contribution in [0.3, 0.4) is 0 Å². The third-order valence-corrected chi connectivity index (χ3v) is 3.87. The zero-order valence-corrected chi connectivity index (χ0v) is 10.9. The number of carbonyl (C=O) groups is 2. The van der Waals surface area contributed by atoms with Gasteiger partial charge in [0.2, 0.25) is 0 Å². The standard InChI is InChI=1S/C9H17O7P/c1-14-9(12)5-7(10)4-8(11)6-17(13,15-2)16-3/h7,10H,4-6H2,1-3H3/t7-/m0/s1. The molecule has 0 aromatic rings. The summed E-state index contributed by atoms with van der Waals surface area (Å²) in [6.07, 6.45) is -2.17. The molecule has 7 nitrogen and oxygen atoms in total. The average Bonchev–Trinajstić information content (AvgIpc) is 2.28.